The Morgan fingerprint density at radius 2 is 1.94 bits per heavy atom. The smallest absolute Gasteiger partial charge is 0.129 e. The molecule has 0 spiro atoms. The van der Waals surface area contributed by atoms with E-state index < -0.39 is 0 Å². The molecule has 1 aromatic heterocycles. The van der Waals surface area contributed by atoms with E-state index in [1.807, 2.05) is 30.0 Å². The van der Waals surface area contributed by atoms with Crippen molar-refractivity contribution in [2.75, 3.05) is 35.2 Å². The summed E-state index contributed by atoms with van der Waals surface area (Å²) >= 11 is 2.01. The van der Waals surface area contributed by atoms with E-state index in [4.69, 9.17) is 10.7 Å². The maximum absolute atomic E-state index is 5.76. The van der Waals surface area contributed by atoms with Gasteiger partial charge in [-0.3, -0.25) is 0 Å². The van der Waals surface area contributed by atoms with Gasteiger partial charge in [0.25, 0.3) is 0 Å². The highest BCUT2D eigenvalue weighted by atomic mass is 32.2. The van der Waals surface area contributed by atoms with Gasteiger partial charge >= 0.3 is 0 Å². The number of hydrogen-bond donors (Lipinski definition) is 1. The molecular formula is C13H15N3S. The third-order valence-electron chi connectivity index (χ3n) is 3.03. The van der Waals surface area contributed by atoms with Crippen LogP contribution >= 0.6 is 11.8 Å². The van der Waals surface area contributed by atoms with Crippen molar-refractivity contribution >= 4 is 34.2 Å². The number of nitrogen functional groups attached to an aromatic ring is 1. The Bertz CT molecular complexity index is 535. The van der Waals surface area contributed by atoms with Crippen LogP contribution in [0.2, 0.25) is 0 Å². The fourth-order valence-electron chi connectivity index (χ4n) is 2.10. The van der Waals surface area contributed by atoms with E-state index in [-0.39, 0.29) is 0 Å². The van der Waals surface area contributed by atoms with E-state index in [0.29, 0.717) is 0 Å². The zero-order valence-corrected chi connectivity index (χ0v) is 10.4. The number of nitrogens with two attached hydrogens (primary N) is 1. The highest BCUT2D eigenvalue weighted by molar-refractivity contribution is 7.99. The van der Waals surface area contributed by atoms with Gasteiger partial charge < -0.3 is 10.6 Å². The fourth-order valence-corrected chi connectivity index (χ4v) is 3.00. The molecule has 0 saturated carbocycles. The monoisotopic (exact) mass is 245 g/mol. The van der Waals surface area contributed by atoms with Crippen LogP contribution in [0.1, 0.15) is 0 Å². The molecule has 0 unspecified atom stereocenters. The number of anilines is 2. The van der Waals surface area contributed by atoms with E-state index >= 15 is 0 Å². The van der Waals surface area contributed by atoms with Crippen LogP contribution in [-0.4, -0.2) is 29.6 Å². The molecule has 0 radical (unpaired) electrons. The average Bonchev–Trinajstić information content (AvgIpc) is 2.39. The number of pyridine rings is 1. The van der Waals surface area contributed by atoms with Crippen LogP contribution in [0, 0.1) is 0 Å². The summed E-state index contributed by atoms with van der Waals surface area (Å²) in [7, 11) is 0. The number of benzene rings is 1. The molecule has 1 aliphatic heterocycles. The minimum atomic E-state index is 0.793. The van der Waals surface area contributed by atoms with Crippen molar-refractivity contribution in [2.24, 2.45) is 0 Å². The lowest BCUT2D eigenvalue weighted by Crippen LogP contribution is -2.32. The zero-order chi connectivity index (χ0) is 11.7. The van der Waals surface area contributed by atoms with Crippen LogP contribution in [0.15, 0.2) is 30.3 Å². The predicted octanol–water partition coefficient (Wildman–Crippen LogP) is 2.37. The van der Waals surface area contributed by atoms with Gasteiger partial charge in [-0.25, -0.2) is 4.98 Å². The Labute approximate surface area is 105 Å². The lowest BCUT2D eigenvalue weighted by Gasteiger charge is -2.27. The third-order valence-corrected chi connectivity index (χ3v) is 3.98. The Hall–Kier alpha value is -1.42. The topological polar surface area (TPSA) is 42.1 Å². The van der Waals surface area contributed by atoms with Gasteiger partial charge in [-0.05, 0) is 30.3 Å². The molecule has 0 aliphatic carbocycles. The lowest BCUT2D eigenvalue weighted by molar-refractivity contribution is 0.843. The van der Waals surface area contributed by atoms with Gasteiger partial charge in [-0.15, -0.1) is 0 Å². The molecule has 17 heavy (non-hydrogen) atoms. The number of aromatic nitrogens is 1. The summed E-state index contributed by atoms with van der Waals surface area (Å²) in [5.41, 5.74) is 7.58. The largest absolute Gasteiger partial charge is 0.399 e. The van der Waals surface area contributed by atoms with Crippen molar-refractivity contribution < 1.29 is 0 Å². The van der Waals surface area contributed by atoms with E-state index in [1.54, 1.807) is 0 Å². The number of hydrogen-bond acceptors (Lipinski definition) is 4. The standard InChI is InChI=1S/C13H15N3S/c14-11-2-3-12-10(9-11)1-4-13(15-12)16-5-7-17-8-6-16/h1-4,9H,5-8,14H2. The molecule has 1 saturated heterocycles. The molecule has 1 aromatic carbocycles. The van der Waals surface area contributed by atoms with E-state index in [0.717, 1.165) is 35.5 Å². The van der Waals surface area contributed by atoms with Gasteiger partial charge in [0.05, 0.1) is 5.52 Å². The number of fused-ring (bicyclic) bond motifs is 1. The maximum Gasteiger partial charge on any atom is 0.129 e. The minimum absolute atomic E-state index is 0.793. The summed E-state index contributed by atoms with van der Waals surface area (Å²) in [5.74, 6) is 3.48. The van der Waals surface area contributed by atoms with Crippen molar-refractivity contribution in [1.29, 1.82) is 0 Å². The van der Waals surface area contributed by atoms with Crippen LogP contribution in [0.5, 0.6) is 0 Å². The number of nitrogens with zero attached hydrogens (tertiary/aromatic N) is 2. The lowest BCUT2D eigenvalue weighted by atomic mass is 10.2. The van der Waals surface area contributed by atoms with Crippen LogP contribution < -0.4 is 10.6 Å². The molecule has 3 nitrogen and oxygen atoms in total. The second kappa shape index (κ2) is 4.45. The minimum Gasteiger partial charge on any atom is -0.399 e. The normalized spacial score (nSPS) is 16.4. The second-order valence-electron chi connectivity index (χ2n) is 4.22. The quantitative estimate of drug-likeness (QED) is 0.783. The van der Waals surface area contributed by atoms with Crippen molar-refractivity contribution in [3.8, 4) is 0 Å². The molecule has 2 heterocycles. The van der Waals surface area contributed by atoms with Gasteiger partial charge in [-0.2, -0.15) is 11.8 Å². The Morgan fingerprint density at radius 1 is 1.12 bits per heavy atom. The van der Waals surface area contributed by atoms with Crippen LogP contribution in [-0.2, 0) is 0 Å². The van der Waals surface area contributed by atoms with Crippen LogP contribution in [0.25, 0.3) is 10.9 Å². The van der Waals surface area contributed by atoms with Crippen molar-refractivity contribution in [3.63, 3.8) is 0 Å². The zero-order valence-electron chi connectivity index (χ0n) is 9.60. The van der Waals surface area contributed by atoms with Crippen molar-refractivity contribution in [1.82, 2.24) is 4.98 Å². The van der Waals surface area contributed by atoms with Crippen molar-refractivity contribution in [3.05, 3.63) is 30.3 Å². The summed E-state index contributed by atoms with van der Waals surface area (Å²) in [6, 6.07) is 10.1. The van der Waals surface area contributed by atoms with Gasteiger partial charge in [-0.1, -0.05) is 0 Å². The summed E-state index contributed by atoms with van der Waals surface area (Å²) in [6.07, 6.45) is 0. The summed E-state index contributed by atoms with van der Waals surface area (Å²) in [6.45, 7) is 2.19. The molecule has 0 bridgehead atoms. The molecule has 3 rings (SSSR count). The molecule has 1 aliphatic rings. The molecule has 1 fully saturated rings. The molecule has 0 atom stereocenters. The highest BCUT2D eigenvalue weighted by Gasteiger charge is 2.12. The van der Waals surface area contributed by atoms with Crippen LogP contribution in [0.4, 0.5) is 11.5 Å². The SMILES string of the molecule is Nc1ccc2nc(N3CCSCC3)ccc2c1. The highest BCUT2D eigenvalue weighted by Crippen LogP contribution is 2.22. The summed E-state index contributed by atoms with van der Waals surface area (Å²) in [5, 5.41) is 1.11. The Balaban J connectivity index is 1.98. The van der Waals surface area contributed by atoms with E-state index in [2.05, 4.69) is 17.0 Å². The van der Waals surface area contributed by atoms with Gasteiger partial charge in [0, 0.05) is 35.7 Å². The third kappa shape index (κ3) is 2.17. The molecular weight excluding hydrogens is 230 g/mol. The average molecular weight is 245 g/mol. The first-order valence-electron chi connectivity index (χ1n) is 5.82. The first-order chi connectivity index (χ1) is 8.33. The van der Waals surface area contributed by atoms with Gasteiger partial charge in [0.15, 0.2) is 0 Å². The molecule has 4 heteroatoms. The molecule has 0 amide bonds. The summed E-state index contributed by atoms with van der Waals surface area (Å²) < 4.78 is 0. The van der Waals surface area contributed by atoms with Gasteiger partial charge in [0.1, 0.15) is 5.82 Å². The molecule has 2 aromatic rings. The Morgan fingerprint density at radius 3 is 2.76 bits per heavy atom. The molecule has 2 N–H and O–H groups in total. The van der Waals surface area contributed by atoms with E-state index in [1.165, 1.54) is 11.5 Å². The van der Waals surface area contributed by atoms with E-state index in [9.17, 15) is 0 Å². The number of thioether (sulfide) groups is 1. The number of rotatable bonds is 1. The first kappa shape index (κ1) is 10.7. The van der Waals surface area contributed by atoms with Gasteiger partial charge in [0.2, 0.25) is 0 Å². The predicted molar refractivity (Wildman–Crippen MR) is 75.7 cm³/mol. The van der Waals surface area contributed by atoms with Crippen molar-refractivity contribution in [2.45, 2.75) is 0 Å². The second-order valence-corrected chi connectivity index (χ2v) is 5.45. The fraction of sp³-hybridized carbons (Fsp3) is 0.308. The first-order valence-corrected chi connectivity index (χ1v) is 6.97. The Kier molecular flexibility index (Phi) is 2.81. The van der Waals surface area contributed by atoms with Crippen LogP contribution in [0.3, 0.4) is 0 Å². The maximum atomic E-state index is 5.76. The summed E-state index contributed by atoms with van der Waals surface area (Å²) in [4.78, 5) is 7.05. The molecule has 88 valence electrons.